The highest BCUT2D eigenvalue weighted by Gasteiger charge is 2.50. The first-order valence-corrected chi connectivity index (χ1v) is 27.6. The number of esters is 2. The Labute approximate surface area is 408 Å². The molecule has 2 rings (SSSR count). The lowest BCUT2D eigenvalue weighted by molar-refractivity contribution is -0.163. The maximum absolute atomic E-state index is 13.8. The zero-order chi connectivity index (χ0) is 51.1. The number of unbranched alkanes of at least 4 members (excludes halogenated alkanes) is 9. The Morgan fingerprint density at radius 1 is 0.841 bits per heavy atom. The molecule has 69 heavy (non-hydrogen) atoms. The van der Waals surface area contributed by atoms with Crippen LogP contribution < -0.4 is 0 Å². The lowest BCUT2D eigenvalue weighted by Crippen LogP contribution is -2.56. The van der Waals surface area contributed by atoms with Gasteiger partial charge in [0, 0.05) is 18.8 Å². The van der Waals surface area contributed by atoms with Crippen molar-refractivity contribution in [3.05, 3.63) is 72.9 Å². The van der Waals surface area contributed by atoms with Crippen molar-refractivity contribution in [3.63, 3.8) is 0 Å². The molecule has 18 nitrogen and oxygen atoms in total. The van der Waals surface area contributed by atoms with Crippen molar-refractivity contribution < 1.29 is 86.8 Å². The topological polar surface area (TPSA) is 293 Å². The second-order valence-electron chi connectivity index (χ2n) is 17.5. The lowest BCUT2D eigenvalue weighted by Gasteiger charge is -2.38. The summed E-state index contributed by atoms with van der Waals surface area (Å²) < 4.78 is 52.1. The van der Waals surface area contributed by atoms with Crippen molar-refractivity contribution in [2.45, 2.75) is 191 Å². The SMILES string of the molecule is CCCCCCCC/C=C\C/C=C\C/C=C\CCCC(=O)O[C@@H]1COC(=O)CCC/C=C\C[C@H]2/C=C\C(=O)[C@H](/C=C/[C@@H](O)CCCCC)[C@@H](O)[C@@H](OP(=O)(O)O)[C@@H](OP(=O)(O)OC1)[C@H](O)[C@@H](O)[C@@H]2O. The minimum Gasteiger partial charge on any atom is -0.462 e. The third-order valence-electron chi connectivity index (χ3n) is 11.5. The van der Waals surface area contributed by atoms with E-state index in [1.807, 2.05) is 25.2 Å². The summed E-state index contributed by atoms with van der Waals surface area (Å²) in [4.78, 5) is 70.4. The molecule has 2 aliphatic rings. The molecule has 20 heteroatoms. The number of cyclic esters (lactones) is 1. The number of hydrogen-bond donors (Lipinski definition) is 8. The van der Waals surface area contributed by atoms with Gasteiger partial charge in [-0.15, -0.1) is 0 Å². The number of ether oxygens (including phenoxy) is 2. The molecule has 8 N–H and O–H groups in total. The van der Waals surface area contributed by atoms with Crippen LogP contribution in [0.25, 0.3) is 0 Å². The van der Waals surface area contributed by atoms with Gasteiger partial charge in [-0.2, -0.15) is 0 Å². The average molecular weight is 1020 g/mol. The van der Waals surface area contributed by atoms with E-state index < -0.39 is 107 Å². The Morgan fingerprint density at radius 3 is 2.16 bits per heavy atom. The second kappa shape index (κ2) is 35.2. The summed E-state index contributed by atoms with van der Waals surface area (Å²) in [6, 6.07) is 0. The summed E-state index contributed by atoms with van der Waals surface area (Å²) in [6.07, 6.45) is 16.7. The highest BCUT2D eigenvalue weighted by molar-refractivity contribution is 7.47. The van der Waals surface area contributed by atoms with Crippen LogP contribution in [0.4, 0.5) is 0 Å². The summed E-state index contributed by atoms with van der Waals surface area (Å²) in [7, 11) is -11.4. The fraction of sp³-hybridized carbons (Fsp3) is 0.694. The molecule has 2 bridgehead atoms. The number of carbonyl (C=O) groups excluding carboxylic acids is 3. The van der Waals surface area contributed by atoms with E-state index in [1.165, 1.54) is 50.7 Å². The van der Waals surface area contributed by atoms with E-state index >= 15 is 0 Å². The van der Waals surface area contributed by atoms with Crippen molar-refractivity contribution >= 4 is 33.4 Å². The van der Waals surface area contributed by atoms with Crippen molar-refractivity contribution in [1.29, 1.82) is 0 Å². The van der Waals surface area contributed by atoms with Gasteiger partial charge in [0.05, 0.1) is 30.8 Å². The third kappa shape index (κ3) is 27.5. The van der Waals surface area contributed by atoms with Gasteiger partial charge in [0.15, 0.2) is 11.9 Å². The summed E-state index contributed by atoms with van der Waals surface area (Å²) in [5.41, 5.74) is 0. The van der Waals surface area contributed by atoms with Gasteiger partial charge in [0.1, 0.15) is 31.0 Å². The quantitative estimate of drug-likeness (QED) is 0.0205. The molecule has 11 atom stereocenters. The number of aliphatic hydroxyl groups excluding tert-OH is 5. The highest BCUT2D eigenvalue weighted by Crippen LogP contribution is 2.49. The first-order chi connectivity index (χ1) is 32.9. The predicted octanol–water partition coefficient (Wildman–Crippen LogP) is 7.23. The molecule has 1 aliphatic heterocycles. The van der Waals surface area contributed by atoms with Crippen molar-refractivity contribution in [2.75, 3.05) is 13.2 Å². The summed E-state index contributed by atoms with van der Waals surface area (Å²) in [5, 5.41) is 56.6. The Kier molecular flexibility index (Phi) is 31.8. The summed E-state index contributed by atoms with van der Waals surface area (Å²) in [5.74, 6) is -5.39. The van der Waals surface area contributed by atoms with Crippen LogP contribution in [-0.4, -0.2) is 120 Å². The molecule has 0 fully saturated rings. The van der Waals surface area contributed by atoms with E-state index in [0.717, 1.165) is 37.8 Å². The van der Waals surface area contributed by atoms with E-state index in [4.69, 9.17) is 23.0 Å². The maximum Gasteiger partial charge on any atom is 0.472 e. The number of fused-ring (bicyclic) bond motifs is 4. The van der Waals surface area contributed by atoms with E-state index in [2.05, 4.69) is 25.2 Å². The van der Waals surface area contributed by atoms with Gasteiger partial charge in [-0.25, -0.2) is 9.13 Å². The van der Waals surface area contributed by atoms with Crippen LogP contribution in [-0.2, 0) is 46.6 Å². The van der Waals surface area contributed by atoms with Crippen LogP contribution in [0.15, 0.2) is 72.9 Å². The average Bonchev–Trinajstić information content (AvgIpc) is 3.30. The van der Waals surface area contributed by atoms with Gasteiger partial charge < -0.3 is 49.7 Å². The molecular weight excluding hydrogens is 938 g/mol. The molecule has 0 saturated heterocycles. The molecule has 0 aromatic carbocycles. The number of allylic oxidation sites excluding steroid dienone is 9. The Hall–Kier alpha value is -2.93. The standard InChI is InChI=1S/C49H80O18P2/c1-3-5-7-8-9-10-11-12-13-14-15-16-17-18-19-20-26-30-43(53)65-39-35-63-42(52)29-25-22-21-24-27-37-31-34-41(51)40(33-32-38(50)28-23-6-4-2)45(55)48(66-68(58,59)60)49(47(57)46(56)44(37)54)67-69(61,62)64-36-39/h12-13,15-16,18-19,21,24,31-34,37-40,44-50,54-57H,3-11,14,17,20,22-23,25-30,35-36H2,1-2H3,(H,61,62)(H2,58,59,60)/b13-12-,16-15-,19-18-,24-21-,33-32+,34-31-/t37-,38-,39+,40-,44+,45+,46-,47+,48+,49-/m0/s1. The van der Waals surface area contributed by atoms with Crippen LogP contribution in [0, 0.1) is 11.8 Å². The van der Waals surface area contributed by atoms with Crippen molar-refractivity contribution in [1.82, 2.24) is 0 Å². The summed E-state index contributed by atoms with van der Waals surface area (Å²) >= 11 is 0. The zero-order valence-corrected chi connectivity index (χ0v) is 42.1. The molecule has 0 aromatic heterocycles. The molecule has 1 unspecified atom stereocenters. The monoisotopic (exact) mass is 1020 g/mol. The number of phosphoric acid groups is 2. The van der Waals surface area contributed by atoms with Crippen LogP contribution in [0.3, 0.4) is 0 Å². The predicted molar refractivity (Wildman–Crippen MR) is 259 cm³/mol. The first kappa shape index (κ1) is 62.2. The van der Waals surface area contributed by atoms with E-state index in [9.17, 15) is 63.7 Å². The van der Waals surface area contributed by atoms with Crippen molar-refractivity contribution in [2.24, 2.45) is 11.8 Å². The number of ketones is 1. The number of hydrogen-bond acceptors (Lipinski definition) is 15. The van der Waals surface area contributed by atoms with Gasteiger partial charge in [0.2, 0.25) is 0 Å². The molecule has 1 heterocycles. The van der Waals surface area contributed by atoms with Crippen LogP contribution in [0.1, 0.15) is 142 Å². The lowest BCUT2D eigenvalue weighted by atomic mass is 9.87. The van der Waals surface area contributed by atoms with Gasteiger partial charge in [0.25, 0.3) is 0 Å². The van der Waals surface area contributed by atoms with Crippen LogP contribution in [0.5, 0.6) is 0 Å². The second-order valence-corrected chi connectivity index (χ2v) is 20.1. The van der Waals surface area contributed by atoms with Crippen molar-refractivity contribution in [3.8, 4) is 0 Å². The van der Waals surface area contributed by atoms with E-state index in [0.29, 0.717) is 32.1 Å². The minimum atomic E-state index is -5.76. The zero-order valence-electron chi connectivity index (χ0n) is 40.3. The Bertz CT molecular complexity index is 1760. The number of aliphatic hydroxyl groups is 5. The Balaban J connectivity index is 2.31. The number of rotatable bonds is 24. The molecular formula is C49H80O18P2. The largest absolute Gasteiger partial charge is 0.472 e. The molecule has 0 radical (unpaired) electrons. The van der Waals surface area contributed by atoms with Gasteiger partial charge in [-0.1, -0.05) is 132 Å². The third-order valence-corrected chi connectivity index (χ3v) is 13.0. The Morgan fingerprint density at radius 2 is 1.48 bits per heavy atom. The fourth-order valence-corrected chi connectivity index (χ4v) is 9.06. The first-order valence-electron chi connectivity index (χ1n) is 24.5. The number of phosphoric ester groups is 2. The van der Waals surface area contributed by atoms with Crippen LogP contribution >= 0.6 is 15.6 Å². The van der Waals surface area contributed by atoms with Gasteiger partial charge >= 0.3 is 27.6 Å². The molecule has 0 amide bonds. The normalized spacial score (nSPS) is 30.0. The van der Waals surface area contributed by atoms with E-state index in [-0.39, 0.29) is 32.1 Å². The molecule has 394 valence electrons. The molecule has 1 aliphatic carbocycles. The highest BCUT2D eigenvalue weighted by atomic mass is 31.2. The number of carbonyl (C=O) groups is 3. The maximum atomic E-state index is 13.8. The van der Waals surface area contributed by atoms with E-state index in [1.54, 1.807) is 12.2 Å². The summed E-state index contributed by atoms with van der Waals surface area (Å²) in [6.45, 7) is 2.55. The fourth-order valence-electron chi connectivity index (χ4n) is 7.53. The van der Waals surface area contributed by atoms with Gasteiger partial charge in [-0.05, 0) is 70.3 Å². The smallest absolute Gasteiger partial charge is 0.462 e. The van der Waals surface area contributed by atoms with Gasteiger partial charge in [-0.3, -0.25) is 28.0 Å². The van der Waals surface area contributed by atoms with Crippen LogP contribution in [0.2, 0.25) is 0 Å². The molecule has 0 spiro atoms. The molecule has 0 saturated carbocycles. The minimum absolute atomic E-state index is 0.0773. The molecule has 0 aromatic rings.